The Morgan fingerprint density at radius 2 is 1.80 bits per heavy atom. The molecule has 41 heavy (non-hydrogen) atoms. The number of rotatable bonds is 10. The highest BCUT2D eigenvalue weighted by Gasteiger charge is 2.16. The zero-order valence-electron chi connectivity index (χ0n) is 21.7. The summed E-state index contributed by atoms with van der Waals surface area (Å²) < 4.78 is 6.17. The van der Waals surface area contributed by atoms with Gasteiger partial charge in [-0.25, -0.2) is 4.98 Å². The molecule has 8 nitrogen and oxygen atoms in total. The van der Waals surface area contributed by atoms with E-state index in [4.69, 9.17) is 4.74 Å². The van der Waals surface area contributed by atoms with E-state index in [-0.39, 0.29) is 23.3 Å². The highest BCUT2D eigenvalue weighted by Crippen LogP contribution is 2.29. The van der Waals surface area contributed by atoms with Crippen molar-refractivity contribution in [1.29, 1.82) is 0 Å². The number of carbonyl (C=O) groups is 3. The minimum atomic E-state index is -0.463. The summed E-state index contributed by atoms with van der Waals surface area (Å²) in [5, 5.41) is 10.8. The summed E-state index contributed by atoms with van der Waals surface area (Å²) in [4.78, 5) is 44.7. The quantitative estimate of drug-likeness (QED) is 0.125. The van der Waals surface area contributed by atoms with E-state index in [9.17, 15) is 14.4 Å². The Morgan fingerprint density at radius 1 is 0.951 bits per heavy atom. The summed E-state index contributed by atoms with van der Waals surface area (Å²) in [6.07, 6.45) is 1.64. The van der Waals surface area contributed by atoms with Crippen molar-refractivity contribution in [1.82, 2.24) is 10.3 Å². The maximum atomic E-state index is 13.2. The number of hydrogen-bond acceptors (Lipinski definition) is 8. The van der Waals surface area contributed by atoms with Gasteiger partial charge in [0, 0.05) is 21.0 Å². The number of thioether (sulfide) groups is 1. The van der Waals surface area contributed by atoms with Crippen LogP contribution in [-0.2, 0) is 9.59 Å². The Morgan fingerprint density at radius 3 is 2.59 bits per heavy atom. The third kappa shape index (κ3) is 7.60. The molecular formula is C30H24N4O4S3. The van der Waals surface area contributed by atoms with Gasteiger partial charge in [0.2, 0.25) is 5.91 Å². The molecule has 3 amide bonds. The first-order chi connectivity index (χ1) is 20.0. The smallest absolute Gasteiger partial charge is 0.272 e. The number of benzene rings is 3. The third-order valence-electron chi connectivity index (χ3n) is 5.66. The number of nitrogens with one attached hydrogen (secondary N) is 3. The molecule has 0 fully saturated rings. The van der Waals surface area contributed by atoms with E-state index in [1.54, 1.807) is 55.7 Å². The number of thiazole rings is 1. The van der Waals surface area contributed by atoms with Gasteiger partial charge in [-0.1, -0.05) is 41.7 Å². The van der Waals surface area contributed by atoms with E-state index in [1.807, 2.05) is 47.8 Å². The van der Waals surface area contributed by atoms with Crippen molar-refractivity contribution < 1.29 is 19.1 Å². The Kier molecular flexibility index (Phi) is 9.09. The normalized spacial score (nSPS) is 11.2. The SMILES string of the molecule is COc1ccc2nc(NC(=O)CSc3cccc(NC(=O)/C(=C/c4cccs4)NC(=O)c4ccccc4)c3)sc2c1. The zero-order valence-corrected chi connectivity index (χ0v) is 24.2. The van der Waals surface area contributed by atoms with Gasteiger partial charge in [-0.2, -0.15) is 0 Å². The van der Waals surface area contributed by atoms with Gasteiger partial charge in [0.05, 0.1) is 23.1 Å². The Balaban J connectivity index is 1.21. The molecule has 0 atom stereocenters. The molecular weight excluding hydrogens is 577 g/mol. The zero-order chi connectivity index (χ0) is 28.6. The number of anilines is 2. The van der Waals surface area contributed by atoms with Crippen LogP contribution in [0, 0.1) is 0 Å². The molecule has 0 aliphatic rings. The Bertz CT molecular complexity index is 1720. The predicted molar refractivity (Wildman–Crippen MR) is 167 cm³/mol. The standard InChI is InChI=1S/C30H24N4O4S3/c1-38-21-12-13-24-26(16-21)41-30(33-24)34-27(35)18-40-22-10-5-9-20(15-22)31-29(37)25(17-23-11-6-14-39-23)32-28(36)19-7-3-2-4-8-19/h2-17H,18H2,1H3,(H,31,37)(H,32,36)(H,33,34,35)/b25-17-. The van der Waals surface area contributed by atoms with Crippen molar-refractivity contribution in [3.63, 3.8) is 0 Å². The van der Waals surface area contributed by atoms with Crippen molar-refractivity contribution in [3.05, 3.63) is 106 Å². The number of fused-ring (bicyclic) bond motifs is 1. The van der Waals surface area contributed by atoms with E-state index in [0.717, 1.165) is 25.7 Å². The molecule has 0 bridgehead atoms. The van der Waals surface area contributed by atoms with Gasteiger partial charge in [-0.3, -0.25) is 14.4 Å². The summed E-state index contributed by atoms with van der Waals surface area (Å²) in [6, 6.07) is 25.2. The summed E-state index contributed by atoms with van der Waals surface area (Å²) in [5.74, 6) is -0.150. The molecule has 11 heteroatoms. The van der Waals surface area contributed by atoms with Gasteiger partial charge in [-0.05, 0) is 66.1 Å². The van der Waals surface area contributed by atoms with Crippen molar-refractivity contribution in [3.8, 4) is 5.75 Å². The molecule has 0 saturated heterocycles. The topological polar surface area (TPSA) is 109 Å². The Labute approximate surface area is 248 Å². The lowest BCUT2D eigenvalue weighted by molar-refractivity contribution is -0.114. The number of methoxy groups -OCH3 is 1. The average Bonchev–Trinajstić information content (AvgIpc) is 3.65. The molecule has 0 saturated carbocycles. The molecule has 2 heterocycles. The van der Waals surface area contributed by atoms with Crippen molar-refractivity contribution in [2.45, 2.75) is 4.90 Å². The van der Waals surface area contributed by atoms with Crippen LogP contribution in [0.25, 0.3) is 16.3 Å². The van der Waals surface area contributed by atoms with Crippen LogP contribution in [0.4, 0.5) is 10.8 Å². The number of ether oxygens (including phenoxy) is 1. The van der Waals surface area contributed by atoms with Crippen LogP contribution in [0.2, 0.25) is 0 Å². The predicted octanol–water partition coefficient (Wildman–Crippen LogP) is 6.51. The first-order valence-corrected chi connectivity index (χ1v) is 15.1. The van der Waals surface area contributed by atoms with Gasteiger partial charge < -0.3 is 20.7 Å². The molecule has 5 aromatic rings. The number of aromatic nitrogens is 1. The van der Waals surface area contributed by atoms with E-state index in [0.29, 0.717) is 16.4 Å². The van der Waals surface area contributed by atoms with Gasteiger partial charge in [0.25, 0.3) is 11.8 Å². The second kappa shape index (κ2) is 13.3. The monoisotopic (exact) mass is 600 g/mol. The summed E-state index contributed by atoms with van der Waals surface area (Å²) in [7, 11) is 1.60. The lowest BCUT2D eigenvalue weighted by Gasteiger charge is -2.12. The maximum Gasteiger partial charge on any atom is 0.272 e. The fourth-order valence-corrected chi connectivity index (χ4v) is 6.03. The summed E-state index contributed by atoms with van der Waals surface area (Å²) >= 11 is 4.17. The fourth-order valence-electron chi connectivity index (χ4n) is 3.71. The number of hydrogen-bond donors (Lipinski definition) is 3. The van der Waals surface area contributed by atoms with Gasteiger partial charge in [0.15, 0.2) is 5.13 Å². The van der Waals surface area contributed by atoms with Gasteiger partial charge >= 0.3 is 0 Å². The lowest BCUT2D eigenvalue weighted by atomic mass is 10.2. The van der Waals surface area contributed by atoms with E-state index in [1.165, 1.54) is 34.4 Å². The number of thiophene rings is 1. The molecule has 0 radical (unpaired) electrons. The molecule has 3 N–H and O–H groups in total. The van der Waals surface area contributed by atoms with Crippen LogP contribution in [0.5, 0.6) is 5.75 Å². The molecule has 5 rings (SSSR count). The van der Waals surface area contributed by atoms with Crippen LogP contribution < -0.4 is 20.7 Å². The third-order valence-corrected chi connectivity index (χ3v) is 8.41. The number of nitrogens with zero attached hydrogens (tertiary/aromatic N) is 1. The second-order valence-electron chi connectivity index (χ2n) is 8.57. The second-order valence-corrected chi connectivity index (χ2v) is 11.6. The first kappa shape index (κ1) is 28.1. The average molecular weight is 601 g/mol. The van der Waals surface area contributed by atoms with Crippen LogP contribution in [0.3, 0.4) is 0 Å². The van der Waals surface area contributed by atoms with Crippen molar-refractivity contribution >= 4 is 79.3 Å². The number of amides is 3. The molecule has 0 unspecified atom stereocenters. The Hall–Kier alpha value is -4.45. The van der Waals surface area contributed by atoms with Crippen LogP contribution in [0.1, 0.15) is 15.2 Å². The van der Waals surface area contributed by atoms with Crippen molar-refractivity contribution in [2.24, 2.45) is 0 Å². The first-order valence-electron chi connectivity index (χ1n) is 12.4. The minimum Gasteiger partial charge on any atom is -0.497 e. The molecule has 0 spiro atoms. The van der Waals surface area contributed by atoms with Gasteiger partial charge in [0.1, 0.15) is 11.4 Å². The van der Waals surface area contributed by atoms with E-state index >= 15 is 0 Å². The van der Waals surface area contributed by atoms with Crippen LogP contribution in [-0.4, -0.2) is 35.6 Å². The highest BCUT2D eigenvalue weighted by atomic mass is 32.2. The molecule has 0 aliphatic heterocycles. The lowest BCUT2D eigenvalue weighted by Crippen LogP contribution is -2.30. The van der Waals surface area contributed by atoms with Gasteiger partial charge in [-0.15, -0.1) is 23.1 Å². The van der Waals surface area contributed by atoms with Crippen LogP contribution in [0.15, 0.2) is 101 Å². The van der Waals surface area contributed by atoms with Crippen molar-refractivity contribution in [2.75, 3.05) is 23.5 Å². The largest absolute Gasteiger partial charge is 0.497 e. The summed E-state index contributed by atoms with van der Waals surface area (Å²) in [5.41, 5.74) is 1.88. The fraction of sp³-hybridized carbons (Fsp3) is 0.0667. The van der Waals surface area contributed by atoms with E-state index in [2.05, 4.69) is 20.9 Å². The van der Waals surface area contributed by atoms with Crippen LogP contribution >= 0.6 is 34.4 Å². The number of carbonyl (C=O) groups excluding carboxylic acids is 3. The maximum absolute atomic E-state index is 13.2. The minimum absolute atomic E-state index is 0.118. The molecule has 3 aromatic carbocycles. The molecule has 0 aliphatic carbocycles. The molecule has 206 valence electrons. The van der Waals surface area contributed by atoms with E-state index < -0.39 is 5.91 Å². The molecule has 2 aromatic heterocycles. The highest BCUT2D eigenvalue weighted by molar-refractivity contribution is 8.00. The summed E-state index contributed by atoms with van der Waals surface area (Å²) in [6.45, 7) is 0.